The first-order chi connectivity index (χ1) is 2.27. The summed E-state index contributed by atoms with van der Waals surface area (Å²) in [5.41, 5.74) is 0. The quantitative estimate of drug-likeness (QED) is 0.402. The van der Waals surface area contributed by atoms with Crippen molar-refractivity contribution in [3.05, 3.63) is 12.7 Å². The molecular formula is C4H5OY-. The van der Waals surface area contributed by atoms with Crippen LogP contribution in [0.1, 0.15) is 6.92 Å². The van der Waals surface area contributed by atoms with Crippen LogP contribution in [0.2, 0.25) is 0 Å². The molecule has 0 N–H and O–H groups in total. The molecule has 0 fully saturated rings. The molecule has 0 saturated heterocycles. The molecule has 0 atom stereocenters. The SMILES string of the molecule is [CH-]=CC(C)=O.[Y]. The molecule has 2 heteroatoms. The van der Waals surface area contributed by atoms with Crippen molar-refractivity contribution in [2.24, 2.45) is 0 Å². The van der Waals surface area contributed by atoms with E-state index in [1.807, 2.05) is 0 Å². The largest absolute Gasteiger partial charge is 0.407 e. The summed E-state index contributed by atoms with van der Waals surface area (Å²) in [6, 6.07) is 0. The fraction of sp³-hybridized carbons (Fsp3) is 0.250. The number of carbonyl (C=O) groups is 1. The van der Waals surface area contributed by atoms with Crippen LogP contribution in [0.25, 0.3) is 0 Å². The molecule has 0 aliphatic rings. The van der Waals surface area contributed by atoms with Gasteiger partial charge in [-0.15, -0.1) is 0 Å². The summed E-state index contributed by atoms with van der Waals surface area (Å²) in [4.78, 5) is 9.63. The van der Waals surface area contributed by atoms with Crippen molar-refractivity contribution in [1.29, 1.82) is 0 Å². The van der Waals surface area contributed by atoms with Gasteiger partial charge < -0.3 is 4.79 Å². The predicted octanol–water partition coefficient (Wildman–Crippen LogP) is 0.562. The van der Waals surface area contributed by atoms with Crippen LogP contribution >= 0.6 is 0 Å². The third-order valence-electron chi connectivity index (χ3n) is 0.235. The maximum Gasteiger partial charge on any atom is 0 e. The molecule has 0 heterocycles. The number of ketones is 1. The van der Waals surface area contributed by atoms with E-state index in [9.17, 15) is 4.79 Å². The van der Waals surface area contributed by atoms with Gasteiger partial charge in [0.05, 0.1) is 0 Å². The topological polar surface area (TPSA) is 17.1 Å². The van der Waals surface area contributed by atoms with Gasteiger partial charge in [-0.05, 0) is 5.78 Å². The molecular weight excluding hydrogens is 153 g/mol. The third kappa shape index (κ3) is 8.82. The van der Waals surface area contributed by atoms with Crippen molar-refractivity contribution in [3.63, 3.8) is 0 Å². The summed E-state index contributed by atoms with van der Waals surface area (Å²) < 4.78 is 0. The molecule has 0 rings (SSSR count). The maximum atomic E-state index is 9.63. The molecule has 0 aromatic rings. The zero-order chi connectivity index (χ0) is 4.28. The molecule has 31 valence electrons. The molecule has 0 unspecified atom stereocenters. The van der Waals surface area contributed by atoms with Crippen molar-refractivity contribution < 1.29 is 37.5 Å². The Balaban J connectivity index is 0. The van der Waals surface area contributed by atoms with E-state index in [-0.39, 0.29) is 38.5 Å². The van der Waals surface area contributed by atoms with Crippen LogP contribution in [0.15, 0.2) is 6.08 Å². The third-order valence-corrected chi connectivity index (χ3v) is 0.235. The van der Waals surface area contributed by atoms with Crippen LogP contribution in [0, 0.1) is 6.58 Å². The summed E-state index contributed by atoms with van der Waals surface area (Å²) in [5, 5.41) is 0. The van der Waals surface area contributed by atoms with Gasteiger partial charge >= 0.3 is 0 Å². The normalized spacial score (nSPS) is 5.50. The van der Waals surface area contributed by atoms with Crippen molar-refractivity contribution in [1.82, 2.24) is 0 Å². The van der Waals surface area contributed by atoms with Crippen molar-refractivity contribution in [3.8, 4) is 0 Å². The smallest absolute Gasteiger partial charge is 0 e. The monoisotopic (exact) mass is 158 g/mol. The van der Waals surface area contributed by atoms with E-state index in [1.165, 1.54) is 6.92 Å². The second-order valence-electron chi connectivity index (χ2n) is 0.777. The maximum absolute atomic E-state index is 9.63. The van der Waals surface area contributed by atoms with Gasteiger partial charge in [0, 0.05) is 32.7 Å². The molecule has 0 amide bonds. The van der Waals surface area contributed by atoms with Gasteiger partial charge in [-0.3, -0.25) is 6.58 Å². The van der Waals surface area contributed by atoms with Gasteiger partial charge in [-0.25, -0.2) is 6.08 Å². The Hall–Kier alpha value is 0.514. The van der Waals surface area contributed by atoms with Crippen LogP contribution in [0.3, 0.4) is 0 Å². The molecule has 1 nitrogen and oxygen atoms in total. The van der Waals surface area contributed by atoms with E-state index in [0.29, 0.717) is 0 Å². The molecule has 0 spiro atoms. The van der Waals surface area contributed by atoms with Gasteiger partial charge in [0.2, 0.25) is 0 Å². The van der Waals surface area contributed by atoms with E-state index >= 15 is 0 Å². The van der Waals surface area contributed by atoms with E-state index in [4.69, 9.17) is 6.58 Å². The van der Waals surface area contributed by atoms with Crippen molar-refractivity contribution in [2.75, 3.05) is 0 Å². The molecule has 0 bridgehead atoms. The number of hydrogen-bond acceptors (Lipinski definition) is 1. The summed E-state index contributed by atoms with van der Waals surface area (Å²) in [6.45, 7) is 6.10. The minimum absolute atomic E-state index is 0. The minimum Gasteiger partial charge on any atom is -0.407 e. The Morgan fingerprint density at radius 3 is 2.00 bits per heavy atom. The summed E-state index contributed by atoms with van der Waals surface area (Å²) in [7, 11) is 0. The molecule has 1 radical (unpaired) electrons. The van der Waals surface area contributed by atoms with E-state index < -0.39 is 0 Å². The predicted molar refractivity (Wildman–Crippen MR) is 19.6 cm³/mol. The molecule has 0 aliphatic carbocycles. The van der Waals surface area contributed by atoms with Crippen molar-refractivity contribution >= 4 is 5.78 Å². The first-order valence-corrected chi connectivity index (χ1v) is 1.33. The molecule has 0 aromatic carbocycles. The van der Waals surface area contributed by atoms with E-state index in [0.717, 1.165) is 6.08 Å². The Labute approximate surface area is 62.7 Å². The molecule has 0 aromatic heterocycles. The minimum atomic E-state index is -0.0926. The van der Waals surface area contributed by atoms with Crippen LogP contribution in [-0.4, -0.2) is 5.78 Å². The average molecular weight is 158 g/mol. The van der Waals surface area contributed by atoms with Crippen LogP contribution in [0.5, 0.6) is 0 Å². The van der Waals surface area contributed by atoms with Gasteiger partial charge in [-0.2, -0.15) is 0 Å². The zero-order valence-electron chi connectivity index (χ0n) is 3.64. The number of carbonyl (C=O) groups excluding carboxylic acids is 1. The first-order valence-electron chi connectivity index (χ1n) is 1.33. The van der Waals surface area contributed by atoms with Gasteiger partial charge in [0.25, 0.3) is 0 Å². The van der Waals surface area contributed by atoms with Gasteiger partial charge in [0.15, 0.2) is 0 Å². The molecule has 0 aliphatic heterocycles. The van der Waals surface area contributed by atoms with Crippen LogP contribution in [0.4, 0.5) is 0 Å². The number of hydrogen-bond donors (Lipinski definition) is 0. The second-order valence-corrected chi connectivity index (χ2v) is 0.777. The Kier molecular flexibility index (Phi) is 8.93. The van der Waals surface area contributed by atoms with Crippen LogP contribution in [-0.2, 0) is 37.5 Å². The Morgan fingerprint density at radius 2 is 2.00 bits per heavy atom. The summed E-state index contributed by atoms with van der Waals surface area (Å²) in [5.74, 6) is -0.0926. The molecule has 0 saturated carbocycles. The van der Waals surface area contributed by atoms with E-state index in [1.54, 1.807) is 0 Å². The second kappa shape index (κ2) is 5.51. The Morgan fingerprint density at radius 1 is 1.83 bits per heavy atom. The molecule has 6 heavy (non-hydrogen) atoms. The fourth-order valence-corrected chi connectivity index (χ4v) is 0. The summed E-state index contributed by atoms with van der Waals surface area (Å²) >= 11 is 0. The standard InChI is InChI=1S/C4H5O.Y/c1-3-4(2)5;/h1,3H,2H3;/q-1;. The number of rotatable bonds is 1. The number of allylic oxidation sites excluding steroid dienone is 1. The summed E-state index contributed by atoms with van der Waals surface area (Å²) in [6.07, 6.45) is 1.03. The van der Waals surface area contributed by atoms with Gasteiger partial charge in [-0.1, -0.05) is 6.92 Å². The van der Waals surface area contributed by atoms with Crippen molar-refractivity contribution in [2.45, 2.75) is 6.92 Å². The fourth-order valence-electron chi connectivity index (χ4n) is 0. The van der Waals surface area contributed by atoms with Crippen LogP contribution < -0.4 is 0 Å². The average Bonchev–Trinajstić information content (AvgIpc) is 1.38. The van der Waals surface area contributed by atoms with Gasteiger partial charge in [0.1, 0.15) is 0 Å². The first kappa shape index (κ1) is 9.72. The zero-order valence-corrected chi connectivity index (χ0v) is 6.48. The van der Waals surface area contributed by atoms with E-state index in [2.05, 4.69) is 0 Å². The Bertz CT molecular complexity index is 58.6.